The van der Waals surface area contributed by atoms with Gasteiger partial charge in [-0.3, -0.25) is 9.59 Å². The standard InChI is InChI=1S/C25H22ClN3O4/c1-15-6-4-7-19(14-15)25(32)33-20-12-10-18(11-13-20)17(3)28-29-24(31)23(30)27-22-9-5-8-21(26)16(22)2/h4-14H,1-3H3,(H,27,30)(H,29,31)/b28-17+. The lowest BCUT2D eigenvalue weighted by molar-refractivity contribution is -0.136. The van der Waals surface area contributed by atoms with Crippen molar-refractivity contribution in [3.05, 3.63) is 94.0 Å². The minimum atomic E-state index is -0.919. The zero-order chi connectivity index (χ0) is 24.0. The number of hydrogen-bond acceptors (Lipinski definition) is 5. The summed E-state index contributed by atoms with van der Waals surface area (Å²) in [6.45, 7) is 5.31. The Labute approximate surface area is 196 Å². The summed E-state index contributed by atoms with van der Waals surface area (Å²) >= 11 is 6.02. The van der Waals surface area contributed by atoms with Crippen LogP contribution in [0.15, 0.2) is 71.8 Å². The Hall–Kier alpha value is -3.97. The van der Waals surface area contributed by atoms with Crippen LogP contribution in [0.5, 0.6) is 5.75 Å². The Morgan fingerprint density at radius 2 is 1.58 bits per heavy atom. The molecule has 0 unspecified atom stereocenters. The van der Waals surface area contributed by atoms with Crippen molar-refractivity contribution in [2.75, 3.05) is 5.32 Å². The predicted molar refractivity (Wildman–Crippen MR) is 128 cm³/mol. The van der Waals surface area contributed by atoms with Crippen LogP contribution in [0, 0.1) is 13.8 Å². The third-order valence-corrected chi connectivity index (χ3v) is 5.19. The van der Waals surface area contributed by atoms with Crippen LogP contribution in [0.4, 0.5) is 5.69 Å². The first-order chi connectivity index (χ1) is 15.7. The largest absolute Gasteiger partial charge is 0.423 e. The molecule has 3 aromatic carbocycles. The molecular weight excluding hydrogens is 442 g/mol. The highest BCUT2D eigenvalue weighted by atomic mass is 35.5. The van der Waals surface area contributed by atoms with E-state index in [0.717, 1.165) is 5.56 Å². The number of nitrogens with zero attached hydrogens (tertiary/aromatic N) is 1. The second-order valence-electron chi connectivity index (χ2n) is 7.29. The lowest BCUT2D eigenvalue weighted by atomic mass is 10.1. The number of benzene rings is 3. The molecule has 0 bridgehead atoms. The second-order valence-corrected chi connectivity index (χ2v) is 7.70. The van der Waals surface area contributed by atoms with Crippen LogP contribution in [0.3, 0.4) is 0 Å². The van der Waals surface area contributed by atoms with Crippen LogP contribution in [0.1, 0.15) is 34.0 Å². The van der Waals surface area contributed by atoms with Crippen molar-refractivity contribution in [1.29, 1.82) is 0 Å². The van der Waals surface area contributed by atoms with Crippen molar-refractivity contribution in [3.63, 3.8) is 0 Å². The van der Waals surface area contributed by atoms with E-state index in [2.05, 4.69) is 15.8 Å². The number of hydrazone groups is 1. The molecule has 168 valence electrons. The molecule has 0 aliphatic rings. The summed E-state index contributed by atoms with van der Waals surface area (Å²) in [7, 11) is 0. The zero-order valence-corrected chi connectivity index (χ0v) is 19.1. The number of nitrogens with one attached hydrogen (secondary N) is 2. The van der Waals surface area contributed by atoms with Gasteiger partial charge in [0.2, 0.25) is 0 Å². The first-order valence-electron chi connectivity index (χ1n) is 10.0. The van der Waals surface area contributed by atoms with Gasteiger partial charge in [-0.05, 0) is 80.4 Å². The quantitative estimate of drug-likeness (QED) is 0.189. The molecule has 7 nitrogen and oxygen atoms in total. The van der Waals surface area contributed by atoms with Crippen LogP contribution in [-0.2, 0) is 9.59 Å². The molecule has 0 saturated heterocycles. The summed E-state index contributed by atoms with van der Waals surface area (Å²) in [5, 5.41) is 6.95. The molecule has 33 heavy (non-hydrogen) atoms. The van der Waals surface area contributed by atoms with Gasteiger partial charge in [0.15, 0.2) is 0 Å². The third-order valence-electron chi connectivity index (χ3n) is 4.78. The van der Waals surface area contributed by atoms with Crippen LogP contribution >= 0.6 is 11.6 Å². The molecule has 0 aliphatic carbocycles. The Bertz CT molecular complexity index is 1240. The molecular formula is C25H22ClN3O4. The van der Waals surface area contributed by atoms with E-state index in [1.807, 2.05) is 13.0 Å². The first-order valence-corrected chi connectivity index (χ1v) is 10.4. The number of hydrogen-bond donors (Lipinski definition) is 2. The van der Waals surface area contributed by atoms with Crippen molar-refractivity contribution in [1.82, 2.24) is 5.43 Å². The highest BCUT2D eigenvalue weighted by molar-refractivity contribution is 6.40. The summed E-state index contributed by atoms with van der Waals surface area (Å²) in [6.07, 6.45) is 0. The zero-order valence-electron chi connectivity index (χ0n) is 18.3. The normalized spacial score (nSPS) is 11.0. The highest BCUT2D eigenvalue weighted by Crippen LogP contribution is 2.22. The molecule has 0 aliphatic heterocycles. The molecule has 0 spiro atoms. The number of esters is 1. The Balaban J connectivity index is 1.59. The van der Waals surface area contributed by atoms with E-state index < -0.39 is 17.8 Å². The molecule has 0 aromatic heterocycles. The maximum absolute atomic E-state index is 12.3. The van der Waals surface area contributed by atoms with E-state index in [4.69, 9.17) is 16.3 Å². The third kappa shape index (κ3) is 6.27. The number of amides is 2. The number of carbonyl (C=O) groups excluding carboxylic acids is 3. The Kier molecular flexibility index (Phi) is 7.58. The van der Waals surface area contributed by atoms with Gasteiger partial charge in [0.25, 0.3) is 0 Å². The molecule has 0 atom stereocenters. The van der Waals surface area contributed by atoms with Crippen molar-refractivity contribution in [2.24, 2.45) is 5.10 Å². The van der Waals surface area contributed by atoms with Crippen LogP contribution in [0.2, 0.25) is 5.02 Å². The van der Waals surface area contributed by atoms with Crippen molar-refractivity contribution >= 4 is 40.8 Å². The van der Waals surface area contributed by atoms with Gasteiger partial charge in [-0.15, -0.1) is 0 Å². The van der Waals surface area contributed by atoms with Crippen molar-refractivity contribution in [2.45, 2.75) is 20.8 Å². The van der Waals surface area contributed by atoms with Crippen molar-refractivity contribution in [3.8, 4) is 5.75 Å². The van der Waals surface area contributed by atoms with Gasteiger partial charge < -0.3 is 10.1 Å². The van der Waals surface area contributed by atoms with E-state index >= 15 is 0 Å². The molecule has 0 saturated carbocycles. The number of halogens is 1. The molecule has 3 rings (SSSR count). The number of aryl methyl sites for hydroxylation is 1. The number of carbonyl (C=O) groups is 3. The molecule has 3 aromatic rings. The van der Waals surface area contributed by atoms with Gasteiger partial charge in [-0.1, -0.05) is 35.4 Å². The molecule has 8 heteroatoms. The summed E-state index contributed by atoms with van der Waals surface area (Å²) in [6, 6.07) is 18.8. The molecule has 0 fully saturated rings. The highest BCUT2D eigenvalue weighted by Gasteiger charge is 2.15. The maximum Gasteiger partial charge on any atom is 0.343 e. The maximum atomic E-state index is 12.3. The van der Waals surface area contributed by atoms with Crippen LogP contribution < -0.4 is 15.5 Å². The average molecular weight is 464 g/mol. The Morgan fingerprint density at radius 3 is 2.27 bits per heavy atom. The van der Waals surface area contributed by atoms with Gasteiger partial charge >= 0.3 is 17.8 Å². The van der Waals surface area contributed by atoms with Crippen molar-refractivity contribution < 1.29 is 19.1 Å². The topological polar surface area (TPSA) is 96.9 Å². The molecule has 0 heterocycles. The first kappa shape index (κ1) is 23.7. The number of anilines is 1. The fraction of sp³-hybridized carbons (Fsp3) is 0.120. The van der Waals surface area contributed by atoms with Crippen LogP contribution in [0.25, 0.3) is 0 Å². The smallest absolute Gasteiger partial charge is 0.343 e. The lowest BCUT2D eigenvalue weighted by Gasteiger charge is -2.09. The number of rotatable bonds is 5. The van der Waals surface area contributed by atoms with E-state index in [0.29, 0.717) is 38.9 Å². The monoisotopic (exact) mass is 463 g/mol. The predicted octanol–water partition coefficient (Wildman–Crippen LogP) is 4.65. The molecule has 2 amide bonds. The van der Waals surface area contributed by atoms with E-state index in [9.17, 15) is 14.4 Å². The minimum Gasteiger partial charge on any atom is -0.423 e. The molecule has 2 N–H and O–H groups in total. The Morgan fingerprint density at radius 1 is 0.879 bits per heavy atom. The summed E-state index contributed by atoms with van der Waals surface area (Å²) in [5.74, 6) is -1.86. The lowest BCUT2D eigenvalue weighted by Crippen LogP contribution is -2.33. The van der Waals surface area contributed by atoms with Gasteiger partial charge in [0.05, 0.1) is 11.3 Å². The fourth-order valence-corrected chi connectivity index (χ4v) is 3.05. The fourth-order valence-electron chi connectivity index (χ4n) is 2.87. The van der Waals surface area contributed by atoms with E-state index in [1.165, 1.54) is 0 Å². The van der Waals surface area contributed by atoms with E-state index in [1.54, 1.807) is 74.5 Å². The minimum absolute atomic E-state index is 0.373. The molecule has 0 radical (unpaired) electrons. The summed E-state index contributed by atoms with van der Waals surface area (Å²) in [5.41, 5.74) is 5.90. The summed E-state index contributed by atoms with van der Waals surface area (Å²) < 4.78 is 5.38. The van der Waals surface area contributed by atoms with Gasteiger partial charge in [0.1, 0.15) is 5.75 Å². The average Bonchev–Trinajstić information content (AvgIpc) is 2.80. The summed E-state index contributed by atoms with van der Waals surface area (Å²) in [4.78, 5) is 36.5. The van der Waals surface area contributed by atoms with E-state index in [-0.39, 0.29) is 0 Å². The van der Waals surface area contributed by atoms with Gasteiger partial charge in [0, 0.05) is 10.7 Å². The van der Waals surface area contributed by atoms with Gasteiger partial charge in [-0.2, -0.15) is 5.10 Å². The SMILES string of the molecule is C/C(=N\NC(=O)C(=O)Nc1cccc(Cl)c1C)c1ccc(OC(=O)c2cccc(C)c2)cc1. The van der Waals surface area contributed by atoms with Gasteiger partial charge in [-0.25, -0.2) is 10.2 Å². The second kappa shape index (κ2) is 10.6. The number of ether oxygens (including phenoxy) is 1. The van der Waals surface area contributed by atoms with Crippen LogP contribution in [-0.4, -0.2) is 23.5 Å².